The van der Waals surface area contributed by atoms with E-state index >= 15 is 0 Å². The summed E-state index contributed by atoms with van der Waals surface area (Å²) in [6.07, 6.45) is 7.87. The first-order chi connectivity index (χ1) is 7.79. The van der Waals surface area contributed by atoms with Crippen LogP contribution in [-0.2, 0) is 0 Å². The van der Waals surface area contributed by atoms with Crippen LogP contribution in [-0.4, -0.2) is 21.2 Å². The number of rotatable bonds is 4. The molecule has 1 aromatic heterocycles. The molecule has 16 heavy (non-hydrogen) atoms. The highest BCUT2D eigenvalue weighted by Gasteiger charge is 2.22. The third kappa shape index (κ3) is 2.65. The van der Waals surface area contributed by atoms with Gasteiger partial charge < -0.3 is 11.1 Å². The van der Waals surface area contributed by atoms with Crippen molar-refractivity contribution >= 4 is 11.9 Å². The Morgan fingerprint density at radius 1 is 1.44 bits per heavy atom. The van der Waals surface area contributed by atoms with Crippen molar-refractivity contribution in [3.63, 3.8) is 0 Å². The normalized spacial score (nSPS) is 19.6. The van der Waals surface area contributed by atoms with E-state index in [9.17, 15) is 0 Å². The molecule has 5 heteroatoms. The van der Waals surface area contributed by atoms with Crippen LogP contribution >= 0.6 is 0 Å². The molecule has 1 aliphatic carbocycles. The van der Waals surface area contributed by atoms with E-state index in [1.165, 1.54) is 32.1 Å². The van der Waals surface area contributed by atoms with Crippen molar-refractivity contribution < 1.29 is 0 Å². The van der Waals surface area contributed by atoms with E-state index < -0.39 is 0 Å². The van der Waals surface area contributed by atoms with Crippen LogP contribution in [0.3, 0.4) is 0 Å². The molecule has 5 nitrogen and oxygen atoms in total. The Kier molecular flexibility index (Phi) is 3.64. The van der Waals surface area contributed by atoms with Crippen LogP contribution in [0.1, 0.15) is 45.4 Å². The summed E-state index contributed by atoms with van der Waals surface area (Å²) in [5, 5.41) is 10.1. The van der Waals surface area contributed by atoms with E-state index in [1.54, 1.807) is 0 Å². The highest BCUT2D eigenvalue weighted by atomic mass is 15.3. The number of hydrogen-bond acceptors (Lipinski definition) is 4. The zero-order chi connectivity index (χ0) is 11.4. The maximum Gasteiger partial charge on any atom is 0.243 e. The fourth-order valence-electron chi connectivity index (χ4n) is 2.59. The summed E-state index contributed by atoms with van der Waals surface area (Å²) in [5.41, 5.74) is 5.51. The van der Waals surface area contributed by atoms with Gasteiger partial charge in [0.2, 0.25) is 11.9 Å². The lowest BCUT2D eigenvalue weighted by Gasteiger charge is -2.29. The highest BCUT2D eigenvalue weighted by molar-refractivity contribution is 5.31. The smallest absolute Gasteiger partial charge is 0.243 e. The largest absolute Gasteiger partial charge is 0.368 e. The van der Waals surface area contributed by atoms with Crippen LogP contribution in [0.4, 0.5) is 11.9 Å². The summed E-state index contributed by atoms with van der Waals surface area (Å²) in [4.78, 5) is 4.09. The molecule has 0 spiro atoms. The molecule has 1 aliphatic rings. The van der Waals surface area contributed by atoms with Gasteiger partial charge in [0, 0.05) is 6.04 Å². The van der Waals surface area contributed by atoms with Crippen LogP contribution in [0.2, 0.25) is 0 Å². The number of H-pyrrole nitrogens is 1. The molecule has 1 unspecified atom stereocenters. The lowest BCUT2D eigenvalue weighted by Crippen LogP contribution is -2.30. The molecule has 90 valence electrons. The van der Waals surface area contributed by atoms with Gasteiger partial charge in [0.25, 0.3) is 0 Å². The number of nitrogen functional groups attached to an aromatic ring is 1. The van der Waals surface area contributed by atoms with Gasteiger partial charge in [-0.05, 0) is 25.2 Å². The summed E-state index contributed by atoms with van der Waals surface area (Å²) >= 11 is 0. The molecule has 1 fully saturated rings. The molecule has 0 saturated heterocycles. The zero-order valence-corrected chi connectivity index (χ0v) is 9.87. The monoisotopic (exact) mass is 223 g/mol. The lowest BCUT2D eigenvalue weighted by molar-refractivity contribution is 0.312. The molecule has 1 atom stereocenters. The van der Waals surface area contributed by atoms with Gasteiger partial charge >= 0.3 is 0 Å². The van der Waals surface area contributed by atoms with E-state index in [1.807, 2.05) is 0 Å². The summed E-state index contributed by atoms with van der Waals surface area (Å²) in [6, 6.07) is 0.482. The number of aromatic amines is 1. The third-order valence-corrected chi connectivity index (χ3v) is 3.48. The lowest BCUT2D eigenvalue weighted by atomic mass is 9.83. The van der Waals surface area contributed by atoms with Crippen molar-refractivity contribution in [3.05, 3.63) is 0 Å². The number of nitrogens with zero attached hydrogens (tertiary/aromatic N) is 2. The Morgan fingerprint density at radius 2 is 2.19 bits per heavy atom. The molecule has 0 amide bonds. The zero-order valence-electron chi connectivity index (χ0n) is 9.87. The fraction of sp³-hybridized carbons (Fsp3) is 0.818. The van der Waals surface area contributed by atoms with Crippen molar-refractivity contribution in [1.82, 2.24) is 15.2 Å². The van der Waals surface area contributed by atoms with E-state index in [2.05, 4.69) is 27.4 Å². The van der Waals surface area contributed by atoms with Crippen LogP contribution in [0.15, 0.2) is 0 Å². The van der Waals surface area contributed by atoms with Crippen molar-refractivity contribution in [2.24, 2.45) is 5.92 Å². The van der Waals surface area contributed by atoms with Gasteiger partial charge in [-0.1, -0.05) is 26.2 Å². The minimum absolute atomic E-state index is 0.376. The second kappa shape index (κ2) is 5.18. The first kappa shape index (κ1) is 11.2. The van der Waals surface area contributed by atoms with E-state index in [0.717, 1.165) is 12.3 Å². The molecule has 1 aromatic rings. The first-order valence-corrected chi connectivity index (χ1v) is 6.24. The standard InChI is InChI=1S/C11H21N5/c1-2-9(8-6-4-3-5-7-8)13-11-14-10(12)15-16-11/h8-9H,2-7H2,1H3,(H4,12,13,14,15,16). The third-order valence-electron chi connectivity index (χ3n) is 3.48. The van der Waals surface area contributed by atoms with E-state index in [0.29, 0.717) is 17.9 Å². The second-order valence-electron chi connectivity index (χ2n) is 4.60. The van der Waals surface area contributed by atoms with Gasteiger partial charge in [-0.15, -0.1) is 5.10 Å². The molecule has 2 rings (SSSR count). The van der Waals surface area contributed by atoms with E-state index in [-0.39, 0.29) is 0 Å². The van der Waals surface area contributed by atoms with Crippen LogP contribution in [0.5, 0.6) is 0 Å². The van der Waals surface area contributed by atoms with E-state index in [4.69, 9.17) is 5.73 Å². The maximum absolute atomic E-state index is 5.51. The predicted octanol–water partition coefficient (Wildman–Crippen LogP) is 2.16. The Balaban J connectivity index is 1.94. The number of anilines is 2. The Bertz CT molecular complexity index is 316. The van der Waals surface area contributed by atoms with Crippen molar-refractivity contribution in [2.75, 3.05) is 11.1 Å². The van der Waals surface area contributed by atoms with Gasteiger partial charge in [0.05, 0.1) is 0 Å². The van der Waals surface area contributed by atoms with Gasteiger partial charge in [0.1, 0.15) is 0 Å². The number of nitrogens with two attached hydrogens (primary N) is 1. The average molecular weight is 223 g/mol. The topological polar surface area (TPSA) is 79.6 Å². The Hall–Kier alpha value is -1.26. The number of nitrogens with one attached hydrogen (secondary N) is 2. The maximum atomic E-state index is 5.51. The first-order valence-electron chi connectivity index (χ1n) is 6.24. The highest BCUT2D eigenvalue weighted by Crippen LogP contribution is 2.28. The molecular weight excluding hydrogens is 202 g/mol. The molecule has 1 saturated carbocycles. The van der Waals surface area contributed by atoms with Crippen molar-refractivity contribution in [2.45, 2.75) is 51.5 Å². The van der Waals surface area contributed by atoms with Gasteiger partial charge in [0.15, 0.2) is 0 Å². The van der Waals surface area contributed by atoms with Gasteiger partial charge in [-0.2, -0.15) is 4.98 Å². The minimum atomic E-state index is 0.376. The molecule has 0 radical (unpaired) electrons. The Labute approximate surface area is 96.2 Å². The fourth-order valence-corrected chi connectivity index (χ4v) is 2.59. The molecule has 0 bridgehead atoms. The minimum Gasteiger partial charge on any atom is -0.368 e. The molecule has 0 aliphatic heterocycles. The molecule has 4 N–H and O–H groups in total. The summed E-state index contributed by atoms with van der Waals surface area (Å²) in [6.45, 7) is 2.21. The number of aromatic nitrogens is 3. The van der Waals surface area contributed by atoms with Crippen LogP contribution in [0.25, 0.3) is 0 Å². The van der Waals surface area contributed by atoms with Gasteiger partial charge in [-0.25, -0.2) is 5.10 Å². The second-order valence-corrected chi connectivity index (χ2v) is 4.60. The molecule has 1 heterocycles. The summed E-state index contributed by atoms with van der Waals surface area (Å²) in [5.74, 6) is 1.77. The number of hydrogen-bond donors (Lipinski definition) is 3. The van der Waals surface area contributed by atoms with Crippen LogP contribution in [0, 0.1) is 5.92 Å². The SMILES string of the molecule is CCC(Nc1n[nH]c(N)n1)C1CCCCC1. The molecular formula is C11H21N5. The molecule has 0 aromatic carbocycles. The van der Waals surface area contributed by atoms with Crippen molar-refractivity contribution in [3.8, 4) is 0 Å². The predicted molar refractivity (Wildman–Crippen MR) is 65.1 cm³/mol. The van der Waals surface area contributed by atoms with Crippen molar-refractivity contribution in [1.29, 1.82) is 0 Å². The summed E-state index contributed by atoms with van der Waals surface area (Å²) < 4.78 is 0. The summed E-state index contributed by atoms with van der Waals surface area (Å²) in [7, 11) is 0. The average Bonchev–Trinajstić information content (AvgIpc) is 2.73. The van der Waals surface area contributed by atoms with Gasteiger partial charge in [-0.3, -0.25) is 0 Å². The quantitative estimate of drug-likeness (QED) is 0.730. The van der Waals surface area contributed by atoms with Crippen LogP contribution < -0.4 is 11.1 Å². The Morgan fingerprint density at radius 3 is 2.75 bits per heavy atom.